The summed E-state index contributed by atoms with van der Waals surface area (Å²) in [6.07, 6.45) is 2.28. The summed E-state index contributed by atoms with van der Waals surface area (Å²) >= 11 is 0. The van der Waals surface area contributed by atoms with Gasteiger partial charge in [0, 0.05) is 31.4 Å². The van der Waals surface area contributed by atoms with Crippen molar-refractivity contribution in [2.75, 3.05) is 19.7 Å². The van der Waals surface area contributed by atoms with Crippen molar-refractivity contribution in [2.24, 2.45) is 0 Å². The highest BCUT2D eigenvalue weighted by atomic mass is 32.2. The van der Waals surface area contributed by atoms with Crippen LogP contribution in [0.25, 0.3) is 11.4 Å². The van der Waals surface area contributed by atoms with Crippen molar-refractivity contribution in [1.82, 2.24) is 24.2 Å². The van der Waals surface area contributed by atoms with Crippen LogP contribution in [0, 0.1) is 6.92 Å². The molecule has 2 aromatic heterocycles. The number of benzene rings is 1. The Kier molecular flexibility index (Phi) is 5.00. The number of ether oxygens (including phenoxy) is 1. The van der Waals surface area contributed by atoms with Gasteiger partial charge < -0.3 is 9.26 Å². The molecule has 3 aromatic rings. The van der Waals surface area contributed by atoms with Crippen LogP contribution >= 0.6 is 0 Å². The summed E-state index contributed by atoms with van der Waals surface area (Å²) in [6, 6.07) is 7.72. The van der Waals surface area contributed by atoms with Crippen LogP contribution in [0.15, 0.2) is 46.1 Å². The van der Waals surface area contributed by atoms with Gasteiger partial charge in [0.1, 0.15) is 4.90 Å². The van der Waals surface area contributed by atoms with E-state index in [1.807, 2.05) is 38.1 Å². The molecule has 1 fully saturated rings. The first-order valence-electron chi connectivity index (χ1n) is 9.03. The smallest absolute Gasteiger partial charge is 0.257 e. The van der Waals surface area contributed by atoms with E-state index in [-0.39, 0.29) is 30.5 Å². The maximum absolute atomic E-state index is 12.9. The Morgan fingerprint density at radius 1 is 1.29 bits per heavy atom. The zero-order valence-electron chi connectivity index (χ0n) is 15.6. The number of hydrogen-bond acceptors (Lipinski definition) is 7. The van der Waals surface area contributed by atoms with Gasteiger partial charge in [-0.05, 0) is 19.4 Å². The summed E-state index contributed by atoms with van der Waals surface area (Å²) in [4.78, 5) is 4.60. The van der Waals surface area contributed by atoms with Gasteiger partial charge >= 0.3 is 0 Å². The van der Waals surface area contributed by atoms with Crippen LogP contribution in [0.5, 0.6) is 0 Å². The molecule has 1 aromatic carbocycles. The van der Waals surface area contributed by atoms with E-state index in [4.69, 9.17) is 9.26 Å². The highest BCUT2D eigenvalue weighted by Crippen LogP contribution is 2.28. The molecule has 3 heterocycles. The fraction of sp³-hybridized carbons (Fsp3) is 0.389. The average molecular weight is 403 g/mol. The molecule has 0 radical (unpaired) electrons. The van der Waals surface area contributed by atoms with Crippen molar-refractivity contribution in [3.8, 4) is 11.4 Å². The largest absolute Gasteiger partial charge is 0.366 e. The van der Waals surface area contributed by atoms with Crippen molar-refractivity contribution >= 4 is 10.0 Å². The third-order valence-corrected chi connectivity index (χ3v) is 6.52. The number of morpholine rings is 1. The molecule has 0 bridgehead atoms. The number of nitrogens with zero attached hydrogens (tertiary/aromatic N) is 5. The fourth-order valence-corrected chi connectivity index (χ4v) is 4.47. The van der Waals surface area contributed by atoms with Crippen molar-refractivity contribution in [3.05, 3.63) is 48.1 Å². The highest BCUT2D eigenvalue weighted by molar-refractivity contribution is 7.89. The number of hydrogen-bond donors (Lipinski definition) is 0. The van der Waals surface area contributed by atoms with Gasteiger partial charge in [-0.1, -0.05) is 29.4 Å². The molecule has 9 nitrogen and oxygen atoms in total. The number of rotatable bonds is 5. The first kappa shape index (κ1) is 18.8. The molecule has 0 saturated carbocycles. The van der Waals surface area contributed by atoms with E-state index in [1.165, 1.54) is 16.7 Å². The zero-order chi connectivity index (χ0) is 19.7. The van der Waals surface area contributed by atoms with Gasteiger partial charge in [-0.25, -0.2) is 8.42 Å². The SMILES string of the molecule is CCn1cc(S(=O)(=O)N2CCO[C@@H](c3nc(-c4ccccc4C)no3)C2)cn1. The summed E-state index contributed by atoms with van der Waals surface area (Å²) in [7, 11) is -3.66. The minimum absolute atomic E-state index is 0.106. The van der Waals surface area contributed by atoms with Crippen LogP contribution in [-0.4, -0.2) is 52.3 Å². The van der Waals surface area contributed by atoms with Crippen LogP contribution in [0.2, 0.25) is 0 Å². The summed E-state index contributed by atoms with van der Waals surface area (Å²) in [6.45, 7) is 5.08. The minimum Gasteiger partial charge on any atom is -0.366 e. The third kappa shape index (κ3) is 3.46. The molecule has 148 valence electrons. The zero-order valence-corrected chi connectivity index (χ0v) is 16.5. The highest BCUT2D eigenvalue weighted by Gasteiger charge is 2.35. The van der Waals surface area contributed by atoms with E-state index in [0.717, 1.165) is 11.1 Å². The Morgan fingerprint density at radius 2 is 2.11 bits per heavy atom. The topological polar surface area (TPSA) is 103 Å². The number of sulfonamides is 1. The molecule has 28 heavy (non-hydrogen) atoms. The third-order valence-electron chi connectivity index (χ3n) is 4.70. The molecular formula is C18H21N5O4S. The van der Waals surface area contributed by atoms with Gasteiger partial charge in [-0.3, -0.25) is 4.68 Å². The lowest BCUT2D eigenvalue weighted by molar-refractivity contribution is -0.0199. The predicted octanol–water partition coefficient (Wildman–Crippen LogP) is 2.02. The van der Waals surface area contributed by atoms with Crippen molar-refractivity contribution in [2.45, 2.75) is 31.4 Å². The molecule has 4 rings (SSSR count). The lowest BCUT2D eigenvalue weighted by Crippen LogP contribution is -2.42. The summed E-state index contributed by atoms with van der Waals surface area (Å²) in [5, 5.41) is 8.09. The Hall–Kier alpha value is -2.56. The lowest BCUT2D eigenvalue weighted by atomic mass is 10.1. The second kappa shape index (κ2) is 7.46. The quantitative estimate of drug-likeness (QED) is 0.642. The van der Waals surface area contributed by atoms with Gasteiger partial charge in [0.05, 0.1) is 12.8 Å². The molecule has 0 aliphatic carbocycles. The minimum atomic E-state index is -3.66. The van der Waals surface area contributed by atoms with Crippen LogP contribution in [-0.2, 0) is 21.3 Å². The number of aromatic nitrogens is 4. The molecule has 1 saturated heterocycles. The first-order valence-corrected chi connectivity index (χ1v) is 10.5. The van der Waals surface area contributed by atoms with E-state index in [2.05, 4.69) is 15.2 Å². The second-order valence-electron chi connectivity index (χ2n) is 6.53. The number of aryl methyl sites for hydroxylation is 2. The molecule has 1 aliphatic rings. The average Bonchev–Trinajstić information content (AvgIpc) is 3.38. The van der Waals surface area contributed by atoms with E-state index >= 15 is 0 Å². The molecule has 0 N–H and O–H groups in total. The standard InChI is InChI=1S/C18H21N5O4S/c1-3-22-11-14(10-19-22)28(24,25)23-8-9-26-16(12-23)18-20-17(21-27-18)15-7-5-4-6-13(15)2/h4-7,10-11,16H,3,8-9,12H2,1-2H3/t16-/m1/s1. The lowest BCUT2D eigenvalue weighted by Gasteiger charge is -2.29. The van der Waals surface area contributed by atoms with E-state index in [1.54, 1.807) is 4.68 Å². The molecule has 1 atom stereocenters. The van der Waals surface area contributed by atoms with E-state index in [9.17, 15) is 8.42 Å². The Balaban J connectivity index is 1.55. The summed E-state index contributed by atoms with van der Waals surface area (Å²) in [5.74, 6) is 0.725. The fourth-order valence-electron chi connectivity index (χ4n) is 3.09. The van der Waals surface area contributed by atoms with Gasteiger partial charge in [-0.2, -0.15) is 14.4 Å². The molecule has 0 amide bonds. The predicted molar refractivity (Wildman–Crippen MR) is 99.8 cm³/mol. The molecule has 1 aliphatic heterocycles. The van der Waals surface area contributed by atoms with Crippen molar-refractivity contribution in [3.63, 3.8) is 0 Å². The summed E-state index contributed by atoms with van der Waals surface area (Å²) < 4.78 is 39.9. The molecule has 0 unspecified atom stereocenters. The molecule has 0 spiro atoms. The Morgan fingerprint density at radius 3 is 2.86 bits per heavy atom. The first-order chi connectivity index (χ1) is 13.5. The molecule has 10 heteroatoms. The van der Waals surface area contributed by atoms with Crippen LogP contribution in [0.1, 0.15) is 24.5 Å². The maximum Gasteiger partial charge on any atom is 0.257 e. The Bertz CT molecular complexity index is 1080. The van der Waals surface area contributed by atoms with Gasteiger partial charge in [0.2, 0.25) is 15.8 Å². The van der Waals surface area contributed by atoms with Crippen LogP contribution < -0.4 is 0 Å². The Labute approximate surface area is 163 Å². The van der Waals surface area contributed by atoms with Gasteiger partial charge in [0.15, 0.2) is 6.10 Å². The van der Waals surface area contributed by atoms with Crippen LogP contribution in [0.4, 0.5) is 0 Å². The second-order valence-corrected chi connectivity index (χ2v) is 8.46. The van der Waals surface area contributed by atoms with Crippen molar-refractivity contribution < 1.29 is 17.7 Å². The normalized spacial score (nSPS) is 18.4. The molecular weight excluding hydrogens is 382 g/mol. The maximum atomic E-state index is 12.9. The summed E-state index contributed by atoms with van der Waals surface area (Å²) in [5.41, 5.74) is 1.89. The van der Waals surface area contributed by atoms with Gasteiger partial charge in [-0.15, -0.1) is 0 Å². The van der Waals surface area contributed by atoms with Crippen molar-refractivity contribution in [1.29, 1.82) is 0 Å². The van der Waals surface area contributed by atoms with Gasteiger partial charge in [0.25, 0.3) is 5.89 Å². The monoisotopic (exact) mass is 403 g/mol. The van der Waals surface area contributed by atoms with E-state index < -0.39 is 16.1 Å². The van der Waals surface area contributed by atoms with E-state index in [0.29, 0.717) is 12.4 Å². The van der Waals surface area contributed by atoms with Crippen LogP contribution in [0.3, 0.4) is 0 Å².